The molecule has 96 valence electrons. The Labute approximate surface area is 112 Å². The van der Waals surface area contributed by atoms with Crippen molar-refractivity contribution in [1.82, 2.24) is 9.55 Å². The average Bonchev–Trinajstić information content (AvgIpc) is 2.85. The molecule has 0 spiro atoms. The zero-order valence-electron chi connectivity index (χ0n) is 11.2. The van der Waals surface area contributed by atoms with Crippen LogP contribution in [-0.2, 0) is 0 Å². The Morgan fingerprint density at radius 2 is 1.84 bits per heavy atom. The van der Waals surface area contributed by atoms with E-state index in [0.29, 0.717) is 6.04 Å². The SMILES string of the molecule is CC(C)Nc1nccn1-c1ccc2ccccc2c1. The summed E-state index contributed by atoms with van der Waals surface area (Å²) in [7, 11) is 0. The Balaban J connectivity index is 2.06. The molecule has 0 saturated carbocycles. The van der Waals surface area contributed by atoms with E-state index < -0.39 is 0 Å². The van der Waals surface area contributed by atoms with Gasteiger partial charge in [0, 0.05) is 24.1 Å². The molecule has 19 heavy (non-hydrogen) atoms. The van der Waals surface area contributed by atoms with Crippen molar-refractivity contribution in [1.29, 1.82) is 0 Å². The van der Waals surface area contributed by atoms with Crippen molar-refractivity contribution in [2.45, 2.75) is 19.9 Å². The molecular weight excluding hydrogens is 234 g/mol. The van der Waals surface area contributed by atoms with Crippen LogP contribution in [0, 0.1) is 0 Å². The van der Waals surface area contributed by atoms with Crippen LogP contribution in [0.25, 0.3) is 16.5 Å². The van der Waals surface area contributed by atoms with E-state index in [1.54, 1.807) is 0 Å². The van der Waals surface area contributed by atoms with Gasteiger partial charge in [0.05, 0.1) is 0 Å². The summed E-state index contributed by atoms with van der Waals surface area (Å²) in [6.45, 7) is 4.22. The zero-order chi connectivity index (χ0) is 13.2. The molecule has 0 aliphatic carbocycles. The Kier molecular flexibility index (Phi) is 2.95. The summed E-state index contributed by atoms with van der Waals surface area (Å²) in [6, 6.07) is 15.2. The molecule has 3 aromatic rings. The second-order valence-electron chi connectivity index (χ2n) is 4.95. The molecular formula is C16H17N3. The van der Waals surface area contributed by atoms with Gasteiger partial charge in [0.2, 0.25) is 5.95 Å². The summed E-state index contributed by atoms with van der Waals surface area (Å²) in [4.78, 5) is 4.36. The van der Waals surface area contributed by atoms with Gasteiger partial charge in [0.25, 0.3) is 0 Å². The van der Waals surface area contributed by atoms with E-state index in [4.69, 9.17) is 0 Å². The molecule has 0 bridgehead atoms. The number of nitrogens with zero attached hydrogens (tertiary/aromatic N) is 2. The summed E-state index contributed by atoms with van der Waals surface area (Å²) < 4.78 is 2.08. The predicted octanol–water partition coefficient (Wildman–Crippen LogP) is 3.85. The van der Waals surface area contributed by atoms with Gasteiger partial charge in [-0.15, -0.1) is 0 Å². The van der Waals surface area contributed by atoms with Gasteiger partial charge in [0.1, 0.15) is 0 Å². The topological polar surface area (TPSA) is 29.9 Å². The van der Waals surface area contributed by atoms with Gasteiger partial charge < -0.3 is 5.32 Å². The maximum absolute atomic E-state index is 4.36. The minimum Gasteiger partial charge on any atom is -0.353 e. The summed E-state index contributed by atoms with van der Waals surface area (Å²) in [5.74, 6) is 0.880. The van der Waals surface area contributed by atoms with Crippen LogP contribution < -0.4 is 5.32 Å². The van der Waals surface area contributed by atoms with Gasteiger partial charge in [-0.2, -0.15) is 0 Å². The molecule has 0 unspecified atom stereocenters. The molecule has 1 heterocycles. The van der Waals surface area contributed by atoms with Crippen LogP contribution in [0.5, 0.6) is 0 Å². The summed E-state index contributed by atoms with van der Waals surface area (Å²) in [5.41, 5.74) is 1.12. The fraction of sp³-hybridized carbons (Fsp3) is 0.188. The molecule has 0 fully saturated rings. The lowest BCUT2D eigenvalue weighted by atomic mass is 10.1. The molecule has 0 amide bonds. The molecule has 1 aromatic heterocycles. The maximum atomic E-state index is 4.36. The molecule has 0 saturated heterocycles. The third-order valence-corrected chi connectivity index (χ3v) is 3.07. The summed E-state index contributed by atoms with van der Waals surface area (Å²) >= 11 is 0. The number of hydrogen-bond acceptors (Lipinski definition) is 2. The standard InChI is InChI=1S/C16H17N3/c1-12(2)18-16-17-9-10-19(16)15-8-7-13-5-3-4-6-14(13)11-15/h3-12H,1-2H3,(H,17,18). The van der Waals surface area contributed by atoms with Crippen LogP contribution in [0.4, 0.5) is 5.95 Å². The number of hydrogen-bond donors (Lipinski definition) is 1. The summed E-state index contributed by atoms with van der Waals surface area (Å²) in [5, 5.41) is 5.85. The molecule has 3 rings (SSSR count). The minimum absolute atomic E-state index is 0.363. The van der Waals surface area contributed by atoms with Crippen molar-refractivity contribution in [2.75, 3.05) is 5.32 Å². The third-order valence-electron chi connectivity index (χ3n) is 3.07. The quantitative estimate of drug-likeness (QED) is 0.766. The van der Waals surface area contributed by atoms with Gasteiger partial charge in [-0.1, -0.05) is 30.3 Å². The van der Waals surface area contributed by atoms with E-state index in [1.165, 1.54) is 10.8 Å². The van der Waals surface area contributed by atoms with Crippen molar-refractivity contribution in [3.8, 4) is 5.69 Å². The van der Waals surface area contributed by atoms with E-state index in [1.807, 2.05) is 12.4 Å². The van der Waals surface area contributed by atoms with Crippen LogP contribution >= 0.6 is 0 Å². The van der Waals surface area contributed by atoms with E-state index in [9.17, 15) is 0 Å². The first kappa shape index (κ1) is 11.8. The number of imidazole rings is 1. The van der Waals surface area contributed by atoms with Crippen molar-refractivity contribution < 1.29 is 0 Å². The van der Waals surface area contributed by atoms with Crippen molar-refractivity contribution in [3.63, 3.8) is 0 Å². The van der Waals surface area contributed by atoms with Crippen molar-refractivity contribution >= 4 is 16.7 Å². The van der Waals surface area contributed by atoms with Crippen LogP contribution in [0.1, 0.15) is 13.8 Å². The Bertz CT molecular complexity index is 698. The Morgan fingerprint density at radius 1 is 1.05 bits per heavy atom. The monoisotopic (exact) mass is 251 g/mol. The minimum atomic E-state index is 0.363. The molecule has 3 nitrogen and oxygen atoms in total. The molecule has 0 atom stereocenters. The number of nitrogens with one attached hydrogen (secondary N) is 1. The molecule has 0 aliphatic rings. The van der Waals surface area contributed by atoms with Crippen LogP contribution in [-0.4, -0.2) is 15.6 Å². The van der Waals surface area contributed by atoms with Gasteiger partial charge in [-0.25, -0.2) is 4.98 Å². The lowest BCUT2D eigenvalue weighted by molar-refractivity contribution is 0.864. The van der Waals surface area contributed by atoms with Gasteiger partial charge in [-0.3, -0.25) is 4.57 Å². The first-order valence-electron chi connectivity index (χ1n) is 6.53. The normalized spacial score (nSPS) is 11.1. The number of aromatic nitrogens is 2. The Hall–Kier alpha value is -2.29. The van der Waals surface area contributed by atoms with Gasteiger partial charge in [-0.05, 0) is 36.8 Å². The largest absolute Gasteiger partial charge is 0.353 e. The van der Waals surface area contributed by atoms with Crippen molar-refractivity contribution in [2.24, 2.45) is 0 Å². The predicted molar refractivity (Wildman–Crippen MR) is 79.8 cm³/mol. The van der Waals surface area contributed by atoms with Crippen molar-refractivity contribution in [3.05, 3.63) is 54.9 Å². The fourth-order valence-corrected chi connectivity index (χ4v) is 2.20. The highest BCUT2D eigenvalue weighted by molar-refractivity contribution is 5.84. The highest BCUT2D eigenvalue weighted by Crippen LogP contribution is 2.21. The lowest BCUT2D eigenvalue weighted by Crippen LogP contribution is -2.13. The number of fused-ring (bicyclic) bond motifs is 1. The highest BCUT2D eigenvalue weighted by Gasteiger charge is 2.06. The number of rotatable bonds is 3. The lowest BCUT2D eigenvalue weighted by Gasteiger charge is -2.12. The third kappa shape index (κ3) is 2.32. The molecule has 0 radical (unpaired) electrons. The van der Waals surface area contributed by atoms with Gasteiger partial charge in [0.15, 0.2) is 0 Å². The molecule has 3 heteroatoms. The molecule has 0 aliphatic heterocycles. The van der Waals surface area contributed by atoms with E-state index in [2.05, 4.69) is 71.2 Å². The van der Waals surface area contributed by atoms with Gasteiger partial charge >= 0.3 is 0 Å². The molecule has 2 aromatic carbocycles. The van der Waals surface area contributed by atoms with E-state index >= 15 is 0 Å². The maximum Gasteiger partial charge on any atom is 0.207 e. The first-order valence-corrected chi connectivity index (χ1v) is 6.53. The highest BCUT2D eigenvalue weighted by atomic mass is 15.2. The van der Waals surface area contributed by atoms with Crippen LogP contribution in [0.15, 0.2) is 54.9 Å². The fourth-order valence-electron chi connectivity index (χ4n) is 2.20. The van der Waals surface area contributed by atoms with Crippen LogP contribution in [0.3, 0.4) is 0 Å². The van der Waals surface area contributed by atoms with Crippen LogP contribution in [0.2, 0.25) is 0 Å². The smallest absolute Gasteiger partial charge is 0.207 e. The second kappa shape index (κ2) is 4.76. The zero-order valence-corrected chi connectivity index (χ0v) is 11.2. The van der Waals surface area contributed by atoms with E-state index in [-0.39, 0.29) is 0 Å². The second-order valence-corrected chi connectivity index (χ2v) is 4.95. The number of benzene rings is 2. The average molecular weight is 251 g/mol. The van der Waals surface area contributed by atoms with E-state index in [0.717, 1.165) is 11.6 Å². The summed E-state index contributed by atoms with van der Waals surface area (Å²) in [6.07, 6.45) is 3.80. The molecule has 1 N–H and O–H groups in total. The Morgan fingerprint density at radius 3 is 2.63 bits per heavy atom. The number of anilines is 1. The first-order chi connectivity index (χ1) is 9.24.